The molecule has 1 saturated heterocycles. The molecule has 0 saturated carbocycles. The van der Waals surface area contributed by atoms with Crippen LogP contribution in [0.4, 0.5) is 14.5 Å². The van der Waals surface area contributed by atoms with Crippen LogP contribution in [0.5, 0.6) is 0 Å². The Labute approximate surface area is 154 Å². The predicted octanol–water partition coefficient (Wildman–Crippen LogP) is 4.91. The molecule has 2 aromatic carbocycles. The van der Waals surface area contributed by atoms with E-state index in [4.69, 9.17) is 4.74 Å². The summed E-state index contributed by atoms with van der Waals surface area (Å²) in [6.07, 6.45) is 2.04. The number of ether oxygens (including phenoxy) is 1. The maximum Gasteiger partial charge on any atom is 0.190 e. The standard InChI is InChI=1S/C20H18F2N2OS/c21-16-8-2-1-7-15(16)19-13-26-20(23-18-10-4-3-9-17(18)22)24(19)12-14-6-5-11-25-14/h1-4,7-10,13-14H,5-6,11-12H2. The van der Waals surface area contributed by atoms with E-state index < -0.39 is 0 Å². The minimum Gasteiger partial charge on any atom is -0.376 e. The average molecular weight is 372 g/mol. The Morgan fingerprint density at radius 2 is 1.85 bits per heavy atom. The van der Waals surface area contributed by atoms with Crippen molar-refractivity contribution in [1.29, 1.82) is 0 Å². The Balaban J connectivity index is 1.84. The van der Waals surface area contributed by atoms with E-state index in [0.29, 0.717) is 16.9 Å². The molecule has 1 fully saturated rings. The van der Waals surface area contributed by atoms with E-state index in [9.17, 15) is 8.78 Å². The fourth-order valence-electron chi connectivity index (χ4n) is 3.12. The molecule has 0 bridgehead atoms. The third kappa shape index (κ3) is 3.48. The molecule has 0 radical (unpaired) electrons. The highest BCUT2D eigenvalue weighted by molar-refractivity contribution is 7.07. The third-order valence-corrected chi connectivity index (χ3v) is 5.29. The van der Waals surface area contributed by atoms with Crippen LogP contribution in [0.25, 0.3) is 11.3 Å². The van der Waals surface area contributed by atoms with E-state index in [-0.39, 0.29) is 23.4 Å². The van der Waals surface area contributed by atoms with E-state index in [2.05, 4.69) is 4.99 Å². The largest absolute Gasteiger partial charge is 0.376 e. The van der Waals surface area contributed by atoms with Crippen LogP contribution in [0.1, 0.15) is 12.8 Å². The summed E-state index contributed by atoms with van der Waals surface area (Å²) in [6.45, 7) is 1.31. The molecule has 1 unspecified atom stereocenters. The van der Waals surface area contributed by atoms with Crippen molar-refractivity contribution in [2.24, 2.45) is 4.99 Å². The molecule has 26 heavy (non-hydrogen) atoms. The highest BCUT2D eigenvalue weighted by Gasteiger charge is 2.20. The van der Waals surface area contributed by atoms with E-state index in [0.717, 1.165) is 25.1 Å². The topological polar surface area (TPSA) is 26.5 Å². The van der Waals surface area contributed by atoms with Crippen LogP contribution >= 0.6 is 11.3 Å². The predicted molar refractivity (Wildman–Crippen MR) is 98.3 cm³/mol. The van der Waals surface area contributed by atoms with Gasteiger partial charge in [0.1, 0.15) is 17.3 Å². The molecule has 4 rings (SSSR count). The molecular formula is C20H18F2N2OS. The molecule has 1 aliphatic rings. The van der Waals surface area contributed by atoms with Crippen LogP contribution in [-0.4, -0.2) is 17.3 Å². The number of thiazole rings is 1. The van der Waals surface area contributed by atoms with Crippen molar-refractivity contribution in [2.75, 3.05) is 6.61 Å². The van der Waals surface area contributed by atoms with Gasteiger partial charge in [-0.1, -0.05) is 24.3 Å². The van der Waals surface area contributed by atoms with Crippen LogP contribution in [-0.2, 0) is 11.3 Å². The molecular weight excluding hydrogens is 354 g/mol. The van der Waals surface area contributed by atoms with Crippen LogP contribution in [0.15, 0.2) is 58.9 Å². The first-order valence-electron chi connectivity index (χ1n) is 8.56. The van der Waals surface area contributed by atoms with Gasteiger partial charge in [0.25, 0.3) is 0 Å². The molecule has 1 aliphatic heterocycles. The smallest absolute Gasteiger partial charge is 0.190 e. The van der Waals surface area contributed by atoms with Gasteiger partial charge >= 0.3 is 0 Å². The van der Waals surface area contributed by atoms with Gasteiger partial charge in [-0.15, -0.1) is 11.3 Å². The second kappa shape index (κ2) is 7.51. The molecule has 0 N–H and O–H groups in total. The number of para-hydroxylation sites is 1. The lowest BCUT2D eigenvalue weighted by molar-refractivity contribution is 0.0967. The van der Waals surface area contributed by atoms with Gasteiger partial charge < -0.3 is 9.30 Å². The van der Waals surface area contributed by atoms with Crippen molar-refractivity contribution in [2.45, 2.75) is 25.5 Å². The van der Waals surface area contributed by atoms with Gasteiger partial charge in [0.15, 0.2) is 4.80 Å². The summed E-state index contributed by atoms with van der Waals surface area (Å²) in [5.41, 5.74) is 1.52. The SMILES string of the molecule is Fc1ccccc1N=c1scc(-c2ccccc2F)n1CC1CCCO1. The Morgan fingerprint density at radius 1 is 1.08 bits per heavy atom. The second-order valence-electron chi connectivity index (χ2n) is 6.19. The molecule has 1 aromatic heterocycles. The van der Waals surface area contributed by atoms with Gasteiger partial charge in [0, 0.05) is 17.6 Å². The molecule has 6 heteroatoms. The van der Waals surface area contributed by atoms with Gasteiger partial charge in [0.2, 0.25) is 0 Å². The molecule has 0 aliphatic carbocycles. The van der Waals surface area contributed by atoms with Crippen LogP contribution < -0.4 is 4.80 Å². The number of aromatic nitrogens is 1. The van der Waals surface area contributed by atoms with Crippen molar-refractivity contribution < 1.29 is 13.5 Å². The molecule has 2 heterocycles. The number of rotatable bonds is 4. The summed E-state index contributed by atoms with van der Waals surface area (Å²) in [5, 5.41) is 1.87. The lowest BCUT2D eigenvalue weighted by Crippen LogP contribution is -2.24. The zero-order valence-electron chi connectivity index (χ0n) is 14.1. The summed E-state index contributed by atoms with van der Waals surface area (Å²) < 4.78 is 36.0. The van der Waals surface area contributed by atoms with Crippen LogP contribution in [0.2, 0.25) is 0 Å². The Kier molecular flexibility index (Phi) is 4.95. The second-order valence-corrected chi connectivity index (χ2v) is 7.03. The maximum absolute atomic E-state index is 14.3. The van der Waals surface area contributed by atoms with Crippen molar-refractivity contribution in [1.82, 2.24) is 4.57 Å². The minimum atomic E-state index is -0.378. The highest BCUT2D eigenvalue weighted by atomic mass is 32.1. The maximum atomic E-state index is 14.3. The van der Waals surface area contributed by atoms with Crippen molar-refractivity contribution >= 4 is 17.0 Å². The van der Waals surface area contributed by atoms with E-state index in [1.807, 2.05) is 9.95 Å². The third-order valence-electron chi connectivity index (χ3n) is 4.43. The first-order chi connectivity index (χ1) is 12.7. The average Bonchev–Trinajstić information content (AvgIpc) is 3.29. The number of hydrogen-bond acceptors (Lipinski definition) is 3. The Hall–Kier alpha value is -2.31. The van der Waals surface area contributed by atoms with E-state index in [1.54, 1.807) is 36.4 Å². The van der Waals surface area contributed by atoms with E-state index >= 15 is 0 Å². The Morgan fingerprint density at radius 3 is 2.58 bits per heavy atom. The molecule has 134 valence electrons. The van der Waals surface area contributed by atoms with Gasteiger partial charge in [-0.05, 0) is 37.1 Å². The first-order valence-corrected chi connectivity index (χ1v) is 9.44. The lowest BCUT2D eigenvalue weighted by atomic mass is 10.1. The van der Waals surface area contributed by atoms with Gasteiger partial charge in [-0.2, -0.15) is 0 Å². The van der Waals surface area contributed by atoms with Crippen molar-refractivity contribution in [3.63, 3.8) is 0 Å². The normalized spacial score (nSPS) is 17.8. The first kappa shape index (κ1) is 17.1. The zero-order chi connectivity index (χ0) is 17.9. The summed E-state index contributed by atoms with van der Waals surface area (Å²) in [6, 6.07) is 13.1. The number of benzene rings is 2. The fourth-order valence-corrected chi connectivity index (χ4v) is 4.04. The van der Waals surface area contributed by atoms with Gasteiger partial charge in [0.05, 0.1) is 18.3 Å². The molecule has 0 spiro atoms. The number of nitrogens with zero attached hydrogens (tertiary/aromatic N) is 2. The number of hydrogen-bond donors (Lipinski definition) is 0. The van der Waals surface area contributed by atoms with Crippen molar-refractivity contribution in [3.05, 3.63) is 70.3 Å². The quantitative estimate of drug-likeness (QED) is 0.639. The molecule has 3 nitrogen and oxygen atoms in total. The fraction of sp³-hybridized carbons (Fsp3) is 0.250. The van der Waals surface area contributed by atoms with Crippen molar-refractivity contribution in [3.8, 4) is 11.3 Å². The monoisotopic (exact) mass is 372 g/mol. The van der Waals surface area contributed by atoms with Crippen LogP contribution in [0, 0.1) is 11.6 Å². The number of halogens is 2. The van der Waals surface area contributed by atoms with Gasteiger partial charge in [-0.25, -0.2) is 13.8 Å². The summed E-state index contributed by atoms with van der Waals surface area (Å²) in [7, 11) is 0. The summed E-state index contributed by atoms with van der Waals surface area (Å²) in [5.74, 6) is -0.666. The van der Waals surface area contributed by atoms with Gasteiger partial charge in [-0.3, -0.25) is 0 Å². The molecule has 1 atom stereocenters. The minimum absolute atomic E-state index is 0.0645. The Bertz CT molecular complexity index is 974. The molecule has 3 aromatic rings. The lowest BCUT2D eigenvalue weighted by Gasteiger charge is -2.14. The van der Waals surface area contributed by atoms with Crippen LogP contribution in [0.3, 0.4) is 0 Å². The zero-order valence-corrected chi connectivity index (χ0v) is 14.9. The summed E-state index contributed by atoms with van der Waals surface area (Å²) in [4.78, 5) is 5.12. The molecule has 0 amide bonds. The highest BCUT2D eigenvalue weighted by Crippen LogP contribution is 2.26. The van der Waals surface area contributed by atoms with E-state index in [1.165, 1.54) is 23.5 Å². The summed E-state index contributed by atoms with van der Waals surface area (Å²) >= 11 is 1.37.